The highest BCUT2D eigenvalue weighted by molar-refractivity contribution is 5.99. The van der Waals surface area contributed by atoms with Crippen LogP contribution in [0.3, 0.4) is 0 Å². The summed E-state index contributed by atoms with van der Waals surface area (Å²) in [6.45, 7) is 5.69. The third-order valence-corrected chi connectivity index (χ3v) is 2.93. The van der Waals surface area contributed by atoms with E-state index in [1.165, 1.54) is 12.0 Å². The van der Waals surface area contributed by atoms with Crippen LogP contribution < -0.4 is 10.5 Å². The van der Waals surface area contributed by atoms with Gasteiger partial charge in [-0.05, 0) is 32.9 Å². The summed E-state index contributed by atoms with van der Waals surface area (Å²) in [5.74, 6) is 0.275. The van der Waals surface area contributed by atoms with E-state index in [0.29, 0.717) is 11.3 Å². The van der Waals surface area contributed by atoms with Gasteiger partial charge in [-0.15, -0.1) is 0 Å². The van der Waals surface area contributed by atoms with E-state index >= 15 is 0 Å². The predicted molar refractivity (Wildman–Crippen MR) is 77.3 cm³/mol. The van der Waals surface area contributed by atoms with Crippen LogP contribution in [0.25, 0.3) is 0 Å². The second-order valence-electron chi connectivity index (χ2n) is 4.82. The van der Waals surface area contributed by atoms with Crippen LogP contribution in [0.15, 0.2) is 23.4 Å². The molecule has 6 heteroatoms. The van der Waals surface area contributed by atoms with Crippen LogP contribution in [-0.4, -0.2) is 41.5 Å². The van der Waals surface area contributed by atoms with Crippen molar-refractivity contribution < 1.29 is 14.7 Å². The zero-order valence-corrected chi connectivity index (χ0v) is 12.3. The molecule has 110 valence electrons. The first-order chi connectivity index (χ1) is 9.40. The fraction of sp³-hybridized carbons (Fsp3) is 0.429. The highest BCUT2D eigenvalue weighted by Crippen LogP contribution is 2.22. The van der Waals surface area contributed by atoms with Gasteiger partial charge in [0, 0.05) is 6.04 Å². The summed E-state index contributed by atoms with van der Waals surface area (Å²) in [4.78, 5) is 14.1. The van der Waals surface area contributed by atoms with Gasteiger partial charge in [-0.1, -0.05) is 16.8 Å². The number of amides is 1. The minimum atomic E-state index is -0.216. The summed E-state index contributed by atoms with van der Waals surface area (Å²) in [6.07, 6.45) is 0. The van der Waals surface area contributed by atoms with Crippen molar-refractivity contribution in [3.8, 4) is 5.75 Å². The molecule has 0 heterocycles. The average Bonchev–Trinajstić information content (AvgIpc) is 2.43. The molecule has 0 atom stereocenters. The Balaban J connectivity index is 3.15. The average molecular weight is 279 g/mol. The Hall–Kier alpha value is -2.24. The number of hydrogen-bond donors (Lipinski definition) is 2. The van der Waals surface area contributed by atoms with E-state index in [0.717, 1.165) is 5.56 Å². The van der Waals surface area contributed by atoms with Gasteiger partial charge in [-0.25, -0.2) is 0 Å². The summed E-state index contributed by atoms with van der Waals surface area (Å²) in [6, 6.07) is 5.31. The number of ether oxygens (including phenoxy) is 1. The lowest BCUT2D eigenvalue weighted by atomic mass is 10.1. The Morgan fingerprint density at radius 3 is 2.65 bits per heavy atom. The predicted octanol–water partition coefficient (Wildman–Crippen LogP) is 1.60. The van der Waals surface area contributed by atoms with Crippen LogP contribution in [0.4, 0.5) is 0 Å². The third kappa shape index (κ3) is 3.63. The molecular weight excluding hydrogens is 258 g/mol. The van der Waals surface area contributed by atoms with E-state index in [1.54, 1.807) is 12.1 Å². The number of carbonyl (C=O) groups is 1. The normalized spacial score (nSPS) is 11.6. The van der Waals surface area contributed by atoms with Gasteiger partial charge in [0.25, 0.3) is 5.91 Å². The van der Waals surface area contributed by atoms with Crippen molar-refractivity contribution in [3.63, 3.8) is 0 Å². The molecule has 3 N–H and O–H groups in total. The first-order valence-electron chi connectivity index (χ1n) is 6.32. The molecular formula is C14H21N3O3. The first kappa shape index (κ1) is 15.8. The lowest BCUT2D eigenvalue weighted by Gasteiger charge is -2.27. The molecule has 1 aromatic carbocycles. The summed E-state index contributed by atoms with van der Waals surface area (Å²) in [7, 11) is 1.52. The number of carbonyl (C=O) groups excluding carboxylic acids is 1. The Morgan fingerprint density at radius 2 is 2.15 bits per heavy atom. The van der Waals surface area contributed by atoms with Crippen LogP contribution in [0.2, 0.25) is 0 Å². The number of nitrogens with zero attached hydrogens (tertiary/aromatic N) is 2. The Bertz CT molecular complexity index is 512. The van der Waals surface area contributed by atoms with Gasteiger partial charge in [0.1, 0.15) is 5.75 Å². The molecule has 0 saturated carbocycles. The molecule has 6 nitrogen and oxygen atoms in total. The summed E-state index contributed by atoms with van der Waals surface area (Å²) in [5.41, 5.74) is 6.93. The maximum atomic E-state index is 12.6. The molecule has 0 unspecified atom stereocenters. The molecule has 0 saturated heterocycles. The molecule has 0 bridgehead atoms. The summed E-state index contributed by atoms with van der Waals surface area (Å²) in [5, 5.41) is 11.6. The SMILES string of the molecule is COc1ccc(C)cc1C(=O)N(CC(N)=NO)C(C)C. The third-order valence-electron chi connectivity index (χ3n) is 2.93. The molecule has 0 spiro atoms. The van der Waals surface area contributed by atoms with Gasteiger partial charge in [-0.2, -0.15) is 0 Å². The van der Waals surface area contributed by atoms with Crippen molar-refractivity contribution in [2.75, 3.05) is 13.7 Å². The Labute approximate surface area is 118 Å². The topological polar surface area (TPSA) is 88.2 Å². The van der Waals surface area contributed by atoms with Crippen LogP contribution in [0.5, 0.6) is 5.75 Å². The first-order valence-corrected chi connectivity index (χ1v) is 6.32. The molecule has 20 heavy (non-hydrogen) atoms. The smallest absolute Gasteiger partial charge is 0.258 e. The maximum absolute atomic E-state index is 12.6. The Morgan fingerprint density at radius 1 is 1.50 bits per heavy atom. The molecule has 0 radical (unpaired) electrons. The second kappa shape index (κ2) is 6.79. The van der Waals surface area contributed by atoms with Gasteiger partial charge in [-0.3, -0.25) is 4.79 Å². The van der Waals surface area contributed by atoms with Crippen molar-refractivity contribution in [2.45, 2.75) is 26.8 Å². The van der Waals surface area contributed by atoms with E-state index in [9.17, 15) is 4.79 Å². The number of benzene rings is 1. The number of methoxy groups -OCH3 is 1. The van der Waals surface area contributed by atoms with Crippen molar-refractivity contribution >= 4 is 11.7 Å². The van der Waals surface area contributed by atoms with E-state index in [2.05, 4.69) is 5.16 Å². The molecule has 1 aromatic rings. The zero-order valence-electron chi connectivity index (χ0n) is 12.3. The Kier molecular flexibility index (Phi) is 5.37. The quantitative estimate of drug-likeness (QED) is 0.371. The minimum Gasteiger partial charge on any atom is -0.496 e. The largest absolute Gasteiger partial charge is 0.496 e. The molecule has 0 aliphatic heterocycles. The molecule has 1 rings (SSSR count). The van der Waals surface area contributed by atoms with Crippen molar-refractivity contribution in [1.82, 2.24) is 4.90 Å². The minimum absolute atomic E-state index is 0.0151. The van der Waals surface area contributed by atoms with E-state index in [4.69, 9.17) is 15.7 Å². The fourth-order valence-corrected chi connectivity index (χ4v) is 1.84. The summed E-state index contributed by atoms with van der Waals surface area (Å²) >= 11 is 0. The summed E-state index contributed by atoms with van der Waals surface area (Å²) < 4.78 is 5.22. The van der Waals surface area contributed by atoms with Gasteiger partial charge in [0.2, 0.25) is 0 Å². The number of nitrogens with two attached hydrogens (primary N) is 1. The number of amidine groups is 1. The standard InChI is InChI=1S/C14H21N3O3/c1-9(2)17(8-13(15)16-19)14(18)11-7-10(3)5-6-12(11)20-4/h5-7,9,19H,8H2,1-4H3,(H2,15,16). The van der Waals surface area contributed by atoms with Crippen molar-refractivity contribution in [2.24, 2.45) is 10.9 Å². The number of oxime groups is 1. The van der Waals surface area contributed by atoms with Crippen LogP contribution in [0, 0.1) is 6.92 Å². The van der Waals surface area contributed by atoms with E-state index in [1.807, 2.05) is 26.8 Å². The highest BCUT2D eigenvalue weighted by Gasteiger charge is 2.23. The van der Waals surface area contributed by atoms with Crippen LogP contribution in [0.1, 0.15) is 29.8 Å². The van der Waals surface area contributed by atoms with E-state index < -0.39 is 0 Å². The van der Waals surface area contributed by atoms with Crippen LogP contribution in [-0.2, 0) is 0 Å². The molecule has 0 aromatic heterocycles. The van der Waals surface area contributed by atoms with Crippen molar-refractivity contribution in [3.05, 3.63) is 29.3 Å². The molecule has 0 aliphatic rings. The number of rotatable bonds is 5. The lowest BCUT2D eigenvalue weighted by Crippen LogP contribution is -2.43. The fourth-order valence-electron chi connectivity index (χ4n) is 1.84. The van der Waals surface area contributed by atoms with Gasteiger partial charge < -0.3 is 20.6 Å². The zero-order chi connectivity index (χ0) is 15.3. The van der Waals surface area contributed by atoms with Gasteiger partial charge >= 0.3 is 0 Å². The van der Waals surface area contributed by atoms with Crippen LogP contribution >= 0.6 is 0 Å². The molecule has 1 amide bonds. The van der Waals surface area contributed by atoms with Gasteiger partial charge in [0.15, 0.2) is 5.84 Å². The van der Waals surface area contributed by atoms with Crippen molar-refractivity contribution in [1.29, 1.82) is 0 Å². The number of aryl methyl sites for hydroxylation is 1. The molecule has 0 fully saturated rings. The van der Waals surface area contributed by atoms with Gasteiger partial charge in [0.05, 0.1) is 19.2 Å². The van der Waals surface area contributed by atoms with E-state index in [-0.39, 0.29) is 24.3 Å². The molecule has 0 aliphatic carbocycles. The second-order valence-corrected chi connectivity index (χ2v) is 4.82. The monoisotopic (exact) mass is 279 g/mol. The highest BCUT2D eigenvalue weighted by atomic mass is 16.5. The lowest BCUT2D eigenvalue weighted by molar-refractivity contribution is 0.0730. The number of hydrogen-bond acceptors (Lipinski definition) is 4. The maximum Gasteiger partial charge on any atom is 0.258 e.